The Kier molecular flexibility index (Phi) is 5.60. The van der Waals surface area contributed by atoms with Crippen LogP contribution < -0.4 is 5.32 Å². The topological polar surface area (TPSA) is 112 Å². The molecule has 8 heteroatoms. The van der Waals surface area contributed by atoms with Crippen molar-refractivity contribution in [1.82, 2.24) is 9.88 Å². The largest absolute Gasteiger partial charge is 0.370 e. The molecule has 1 unspecified atom stereocenters. The smallest absolute Gasteiger partial charge is 0.300 e. The molecule has 0 aliphatic carbocycles. The van der Waals surface area contributed by atoms with E-state index < -0.39 is 10.8 Å². The van der Waals surface area contributed by atoms with Crippen LogP contribution in [0.25, 0.3) is 0 Å². The van der Waals surface area contributed by atoms with Gasteiger partial charge in [-0.25, -0.2) is 4.98 Å². The van der Waals surface area contributed by atoms with Gasteiger partial charge in [-0.15, -0.1) is 0 Å². The molecule has 1 aromatic rings. The average Bonchev–Trinajstić information content (AvgIpc) is 2.46. The Labute approximate surface area is 122 Å². The Morgan fingerprint density at radius 3 is 2.86 bits per heavy atom. The number of hydrogen-bond acceptors (Lipinski definition) is 6. The highest BCUT2D eigenvalue weighted by molar-refractivity contribution is 5.98. The van der Waals surface area contributed by atoms with Gasteiger partial charge in [0.1, 0.15) is 17.6 Å². The maximum absolute atomic E-state index is 12.4. The van der Waals surface area contributed by atoms with Crippen LogP contribution in [0.3, 0.4) is 0 Å². The van der Waals surface area contributed by atoms with Gasteiger partial charge < -0.3 is 10.2 Å². The Morgan fingerprint density at radius 1 is 1.67 bits per heavy atom. The molecule has 21 heavy (non-hydrogen) atoms. The monoisotopic (exact) mass is 291 g/mol. The molecule has 8 nitrogen and oxygen atoms in total. The molecule has 0 fully saturated rings. The first-order valence-corrected chi connectivity index (χ1v) is 6.44. The Morgan fingerprint density at radius 2 is 2.33 bits per heavy atom. The van der Waals surface area contributed by atoms with Crippen molar-refractivity contribution in [1.29, 1.82) is 5.26 Å². The van der Waals surface area contributed by atoms with Crippen molar-refractivity contribution in [3.8, 4) is 6.07 Å². The SMILES string of the molecule is CCNc1cc(C(=O)N(C)C(C)CC#N)c([N+](=O)[O-])cn1. The molecule has 0 spiro atoms. The number of nitro groups is 1. The minimum Gasteiger partial charge on any atom is -0.370 e. The van der Waals surface area contributed by atoms with Gasteiger partial charge in [0.05, 0.1) is 17.4 Å². The van der Waals surface area contributed by atoms with Gasteiger partial charge in [-0.3, -0.25) is 14.9 Å². The number of rotatable bonds is 6. The molecule has 0 aliphatic heterocycles. The molecule has 1 atom stereocenters. The number of nitrogens with one attached hydrogen (secondary N) is 1. The Hall–Kier alpha value is -2.69. The predicted octanol–water partition coefficient (Wildman–Crippen LogP) is 1.80. The van der Waals surface area contributed by atoms with Crippen molar-refractivity contribution in [3.63, 3.8) is 0 Å². The standard InChI is InChI=1S/C13H17N5O3/c1-4-15-12-7-10(11(8-16-12)18(20)21)13(19)17(3)9(2)5-6-14/h7-9H,4-5H2,1-3H3,(H,15,16). The fourth-order valence-electron chi connectivity index (χ4n) is 1.70. The minimum atomic E-state index is -0.640. The van der Waals surface area contributed by atoms with Crippen LogP contribution in [0.5, 0.6) is 0 Å². The lowest BCUT2D eigenvalue weighted by Crippen LogP contribution is -2.35. The van der Waals surface area contributed by atoms with E-state index in [2.05, 4.69) is 10.3 Å². The van der Waals surface area contributed by atoms with Gasteiger partial charge in [0.15, 0.2) is 0 Å². The summed E-state index contributed by atoms with van der Waals surface area (Å²) in [5.74, 6) is -0.112. The highest BCUT2D eigenvalue weighted by Gasteiger charge is 2.26. The van der Waals surface area contributed by atoms with Crippen molar-refractivity contribution < 1.29 is 9.72 Å². The molecule has 1 aromatic heterocycles. The molecule has 0 saturated carbocycles. The van der Waals surface area contributed by atoms with E-state index in [1.807, 2.05) is 13.0 Å². The van der Waals surface area contributed by atoms with Crippen molar-refractivity contribution in [2.75, 3.05) is 18.9 Å². The lowest BCUT2D eigenvalue weighted by molar-refractivity contribution is -0.385. The summed E-state index contributed by atoms with van der Waals surface area (Å²) in [5, 5.41) is 22.6. The van der Waals surface area contributed by atoms with E-state index in [1.165, 1.54) is 18.0 Å². The zero-order valence-corrected chi connectivity index (χ0v) is 12.2. The van der Waals surface area contributed by atoms with Crippen LogP contribution in [0, 0.1) is 21.4 Å². The average molecular weight is 291 g/mol. The summed E-state index contributed by atoms with van der Waals surface area (Å²) in [7, 11) is 1.52. The van der Waals surface area contributed by atoms with E-state index in [9.17, 15) is 14.9 Å². The van der Waals surface area contributed by atoms with Crippen molar-refractivity contribution in [3.05, 3.63) is 27.9 Å². The molecule has 1 amide bonds. The zero-order valence-electron chi connectivity index (χ0n) is 12.2. The Bertz CT molecular complexity index is 582. The molecule has 1 N–H and O–H groups in total. The second kappa shape index (κ2) is 7.19. The highest BCUT2D eigenvalue weighted by atomic mass is 16.6. The lowest BCUT2D eigenvalue weighted by atomic mass is 10.1. The number of pyridine rings is 1. The second-order valence-corrected chi connectivity index (χ2v) is 4.50. The maximum Gasteiger partial charge on any atom is 0.300 e. The molecule has 0 saturated heterocycles. The summed E-state index contributed by atoms with van der Waals surface area (Å²) >= 11 is 0. The van der Waals surface area contributed by atoms with Gasteiger partial charge in [-0.05, 0) is 13.8 Å². The third kappa shape index (κ3) is 3.89. The number of amides is 1. The lowest BCUT2D eigenvalue weighted by Gasteiger charge is -2.23. The molecular weight excluding hydrogens is 274 g/mol. The number of carbonyl (C=O) groups is 1. The molecule has 1 rings (SSSR count). The van der Waals surface area contributed by atoms with E-state index in [1.54, 1.807) is 6.92 Å². The van der Waals surface area contributed by atoms with Gasteiger partial charge in [-0.1, -0.05) is 0 Å². The summed E-state index contributed by atoms with van der Waals surface area (Å²) < 4.78 is 0. The molecular formula is C13H17N5O3. The number of anilines is 1. The van der Waals surface area contributed by atoms with Gasteiger partial charge >= 0.3 is 0 Å². The maximum atomic E-state index is 12.4. The minimum absolute atomic E-state index is 0.0433. The number of hydrogen-bond donors (Lipinski definition) is 1. The highest BCUT2D eigenvalue weighted by Crippen LogP contribution is 2.22. The number of carbonyl (C=O) groups excluding carboxylic acids is 1. The Balaban J connectivity index is 3.19. The quantitative estimate of drug-likeness (QED) is 0.631. The summed E-state index contributed by atoms with van der Waals surface area (Å²) in [6.45, 7) is 4.14. The van der Waals surface area contributed by atoms with E-state index in [4.69, 9.17) is 5.26 Å². The zero-order chi connectivity index (χ0) is 16.0. The molecule has 0 radical (unpaired) electrons. The van der Waals surface area contributed by atoms with Crippen LogP contribution in [0.4, 0.5) is 11.5 Å². The van der Waals surface area contributed by atoms with Crippen LogP contribution in [0.2, 0.25) is 0 Å². The summed E-state index contributed by atoms with van der Waals surface area (Å²) in [6.07, 6.45) is 1.22. The van der Waals surface area contributed by atoms with Crippen molar-refractivity contribution >= 4 is 17.4 Å². The van der Waals surface area contributed by atoms with Crippen LogP contribution in [0.1, 0.15) is 30.6 Å². The van der Waals surface area contributed by atoms with E-state index >= 15 is 0 Å². The molecule has 1 heterocycles. The van der Waals surface area contributed by atoms with Gasteiger partial charge in [-0.2, -0.15) is 5.26 Å². The molecule has 112 valence electrons. The predicted molar refractivity (Wildman–Crippen MR) is 76.8 cm³/mol. The number of nitrogens with zero attached hydrogens (tertiary/aromatic N) is 4. The van der Waals surface area contributed by atoms with Crippen LogP contribution in [-0.4, -0.2) is 40.3 Å². The summed E-state index contributed by atoms with van der Waals surface area (Å²) in [6, 6.07) is 3.00. The van der Waals surface area contributed by atoms with Crippen molar-refractivity contribution in [2.45, 2.75) is 26.3 Å². The van der Waals surface area contributed by atoms with E-state index in [-0.39, 0.29) is 23.7 Å². The van der Waals surface area contributed by atoms with Gasteiger partial charge in [0.2, 0.25) is 0 Å². The third-order valence-electron chi connectivity index (χ3n) is 3.04. The normalized spacial score (nSPS) is 11.3. The molecule has 0 aliphatic rings. The first kappa shape index (κ1) is 16.4. The fourth-order valence-corrected chi connectivity index (χ4v) is 1.70. The summed E-state index contributed by atoms with van der Waals surface area (Å²) in [4.78, 5) is 28.0. The van der Waals surface area contributed by atoms with Crippen molar-refractivity contribution in [2.24, 2.45) is 0 Å². The molecule has 0 aromatic carbocycles. The first-order valence-electron chi connectivity index (χ1n) is 6.44. The molecule has 0 bridgehead atoms. The number of nitriles is 1. The van der Waals surface area contributed by atoms with Gasteiger partial charge in [0.25, 0.3) is 11.6 Å². The van der Waals surface area contributed by atoms with Gasteiger partial charge in [0, 0.05) is 25.7 Å². The first-order chi connectivity index (χ1) is 9.92. The number of aromatic nitrogens is 1. The van der Waals surface area contributed by atoms with Crippen LogP contribution >= 0.6 is 0 Å². The van der Waals surface area contributed by atoms with Crippen LogP contribution in [-0.2, 0) is 0 Å². The fraction of sp³-hybridized carbons (Fsp3) is 0.462. The van der Waals surface area contributed by atoms with E-state index in [0.29, 0.717) is 12.4 Å². The van der Waals surface area contributed by atoms with E-state index in [0.717, 1.165) is 6.20 Å². The summed E-state index contributed by atoms with van der Waals surface area (Å²) in [5.41, 5.74) is -0.393. The third-order valence-corrected chi connectivity index (χ3v) is 3.04. The van der Waals surface area contributed by atoms with Crippen LogP contribution in [0.15, 0.2) is 12.3 Å². The second-order valence-electron chi connectivity index (χ2n) is 4.50.